The molecule has 108 valence electrons. The Morgan fingerprint density at radius 2 is 2.05 bits per heavy atom. The monoisotopic (exact) mass is 293 g/mol. The number of piperidine rings is 1. The number of fused-ring (bicyclic) bond motifs is 1. The molecule has 1 saturated carbocycles. The Balaban J connectivity index is 1.87. The Bertz CT molecular complexity index is 518. The van der Waals surface area contributed by atoms with Crippen molar-refractivity contribution in [2.24, 2.45) is 5.92 Å². The van der Waals surface area contributed by atoms with Crippen LogP contribution in [0.25, 0.3) is 0 Å². The lowest BCUT2D eigenvalue weighted by molar-refractivity contribution is 0.0390. The molecular formula is C15H20ClN3O. The Kier molecular flexibility index (Phi) is 3.83. The van der Waals surface area contributed by atoms with Crippen LogP contribution in [0, 0.1) is 5.92 Å². The van der Waals surface area contributed by atoms with Crippen molar-refractivity contribution in [1.82, 2.24) is 9.88 Å². The highest BCUT2D eigenvalue weighted by atomic mass is 35.5. The number of hydrogen-bond donors (Lipinski definition) is 1. The molecule has 1 amide bonds. The molecule has 1 aromatic heterocycles. The maximum absolute atomic E-state index is 12.8. The van der Waals surface area contributed by atoms with Gasteiger partial charge in [0.2, 0.25) is 0 Å². The molecule has 20 heavy (non-hydrogen) atoms. The number of pyridine rings is 1. The fourth-order valence-corrected chi connectivity index (χ4v) is 3.83. The number of hydrogen-bond acceptors (Lipinski definition) is 3. The van der Waals surface area contributed by atoms with Crippen LogP contribution in [-0.2, 0) is 0 Å². The van der Waals surface area contributed by atoms with Gasteiger partial charge in [0.1, 0.15) is 5.15 Å². The van der Waals surface area contributed by atoms with E-state index in [1.165, 1.54) is 31.9 Å². The van der Waals surface area contributed by atoms with Crippen LogP contribution in [0.15, 0.2) is 12.3 Å². The van der Waals surface area contributed by atoms with Gasteiger partial charge in [-0.1, -0.05) is 24.4 Å². The molecule has 2 N–H and O–H groups in total. The maximum Gasteiger partial charge on any atom is 0.257 e. The van der Waals surface area contributed by atoms with E-state index in [2.05, 4.69) is 4.98 Å². The van der Waals surface area contributed by atoms with Crippen LogP contribution in [0.1, 0.15) is 48.9 Å². The average Bonchev–Trinajstić information content (AvgIpc) is 2.48. The molecule has 4 nitrogen and oxygen atoms in total. The first-order valence-corrected chi connectivity index (χ1v) is 7.76. The molecule has 2 aliphatic rings. The fraction of sp³-hybridized carbons (Fsp3) is 0.600. The molecule has 0 aromatic carbocycles. The largest absolute Gasteiger partial charge is 0.397 e. The lowest BCUT2D eigenvalue weighted by Gasteiger charge is -2.44. The van der Waals surface area contributed by atoms with Crippen LogP contribution >= 0.6 is 11.6 Å². The van der Waals surface area contributed by atoms with Gasteiger partial charge in [-0.05, 0) is 37.7 Å². The lowest BCUT2D eigenvalue weighted by Crippen LogP contribution is -2.49. The number of amides is 1. The predicted molar refractivity (Wildman–Crippen MR) is 79.7 cm³/mol. The molecule has 1 aromatic rings. The number of halogens is 1. The van der Waals surface area contributed by atoms with Crippen LogP contribution in [0.2, 0.25) is 5.15 Å². The van der Waals surface area contributed by atoms with E-state index in [4.69, 9.17) is 17.3 Å². The third kappa shape index (κ3) is 2.49. The molecule has 0 spiro atoms. The van der Waals surface area contributed by atoms with Crippen molar-refractivity contribution in [2.45, 2.75) is 44.6 Å². The van der Waals surface area contributed by atoms with E-state index in [1.807, 2.05) is 4.90 Å². The van der Waals surface area contributed by atoms with Crippen molar-refractivity contribution in [3.05, 3.63) is 23.0 Å². The van der Waals surface area contributed by atoms with E-state index in [-0.39, 0.29) is 11.1 Å². The highest BCUT2D eigenvalue weighted by molar-refractivity contribution is 6.32. The van der Waals surface area contributed by atoms with Gasteiger partial charge in [0, 0.05) is 12.6 Å². The minimum atomic E-state index is -0.00796. The zero-order chi connectivity index (χ0) is 14.1. The Morgan fingerprint density at radius 3 is 2.90 bits per heavy atom. The van der Waals surface area contributed by atoms with E-state index in [0.717, 1.165) is 19.4 Å². The lowest BCUT2D eigenvalue weighted by atomic mass is 9.78. The summed E-state index contributed by atoms with van der Waals surface area (Å²) in [6.45, 7) is 0.825. The van der Waals surface area contributed by atoms with Gasteiger partial charge in [-0.3, -0.25) is 4.79 Å². The quantitative estimate of drug-likeness (QED) is 0.809. The van der Waals surface area contributed by atoms with Crippen molar-refractivity contribution in [2.75, 3.05) is 12.3 Å². The number of nitrogens with zero attached hydrogens (tertiary/aromatic N) is 2. The topological polar surface area (TPSA) is 59.2 Å². The Labute approximate surface area is 124 Å². The summed E-state index contributed by atoms with van der Waals surface area (Å²) in [6.07, 6.45) is 8.69. The minimum absolute atomic E-state index is 0.00796. The molecule has 0 bridgehead atoms. The number of likely N-dealkylation sites (tertiary alicyclic amines) is 1. The number of rotatable bonds is 1. The standard InChI is InChI=1S/C15H20ClN3O/c16-14-12(8-11(17)9-18-14)15(20)19-7-3-5-10-4-1-2-6-13(10)19/h8-10,13H,1-7,17H2. The van der Waals surface area contributed by atoms with Gasteiger partial charge in [0.05, 0.1) is 17.4 Å². The average molecular weight is 294 g/mol. The van der Waals surface area contributed by atoms with Crippen LogP contribution in [0.5, 0.6) is 0 Å². The van der Waals surface area contributed by atoms with Gasteiger partial charge >= 0.3 is 0 Å². The van der Waals surface area contributed by atoms with Crippen molar-refractivity contribution in [3.63, 3.8) is 0 Å². The molecule has 2 unspecified atom stereocenters. The van der Waals surface area contributed by atoms with Crippen LogP contribution < -0.4 is 5.73 Å². The molecular weight excluding hydrogens is 274 g/mol. The van der Waals surface area contributed by atoms with Crippen molar-refractivity contribution in [3.8, 4) is 0 Å². The summed E-state index contributed by atoms with van der Waals surface area (Å²) in [5.74, 6) is 0.653. The van der Waals surface area contributed by atoms with Crippen LogP contribution in [-0.4, -0.2) is 28.4 Å². The second-order valence-electron chi connectivity index (χ2n) is 5.86. The summed E-state index contributed by atoms with van der Waals surface area (Å²) in [5, 5.41) is 0.252. The summed E-state index contributed by atoms with van der Waals surface area (Å²) in [6, 6.07) is 2.02. The summed E-state index contributed by atoms with van der Waals surface area (Å²) in [7, 11) is 0. The highest BCUT2D eigenvalue weighted by Gasteiger charge is 2.36. The Morgan fingerprint density at radius 1 is 1.30 bits per heavy atom. The smallest absolute Gasteiger partial charge is 0.257 e. The number of nitrogen functional groups attached to an aromatic ring is 1. The first kappa shape index (κ1) is 13.7. The highest BCUT2D eigenvalue weighted by Crippen LogP contribution is 2.36. The molecule has 1 saturated heterocycles. The number of carbonyl (C=O) groups excluding carboxylic acids is 1. The van der Waals surface area contributed by atoms with Gasteiger partial charge in [-0.15, -0.1) is 0 Å². The molecule has 3 rings (SSSR count). The van der Waals surface area contributed by atoms with E-state index in [0.29, 0.717) is 23.2 Å². The van der Waals surface area contributed by atoms with Crippen molar-refractivity contribution in [1.29, 1.82) is 0 Å². The molecule has 1 aliphatic heterocycles. The third-order valence-electron chi connectivity index (χ3n) is 4.59. The molecule has 5 heteroatoms. The Hall–Kier alpha value is -1.29. The molecule has 0 radical (unpaired) electrons. The fourth-order valence-electron chi connectivity index (χ4n) is 3.65. The number of anilines is 1. The van der Waals surface area contributed by atoms with Gasteiger partial charge in [-0.2, -0.15) is 0 Å². The molecule has 1 aliphatic carbocycles. The molecule has 2 fully saturated rings. The van der Waals surface area contributed by atoms with E-state index in [9.17, 15) is 4.79 Å². The zero-order valence-electron chi connectivity index (χ0n) is 11.5. The zero-order valence-corrected chi connectivity index (χ0v) is 12.3. The van der Waals surface area contributed by atoms with E-state index in [1.54, 1.807) is 6.07 Å². The van der Waals surface area contributed by atoms with Gasteiger partial charge in [0.25, 0.3) is 5.91 Å². The molecule has 2 atom stereocenters. The normalized spacial score (nSPS) is 26.1. The van der Waals surface area contributed by atoms with Gasteiger partial charge in [-0.25, -0.2) is 4.98 Å². The van der Waals surface area contributed by atoms with E-state index < -0.39 is 0 Å². The number of aromatic nitrogens is 1. The van der Waals surface area contributed by atoms with E-state index >= 15 is 0 Å². The van der Waals surface area contributed by atoms with Crippen molar-refractivity contribution < 1.29 is 4.79 Å². The van der Waals surface area contributed by atoms with Crippen LogP contribution in [0.4, 0.5) is 5.69 Å². The first-order valence-electron chi connectivity index (χ1n) is 7.39. The summed E-state index contributed by atoms with van der Waals surface area (Å²) >= 11 is 6.07. The second kappa shape index (κ2) is 5.60. The summed E-state index contributed by atoms with van der Waals surface area (Å²) in [5.41, 5.74) is 6.66. The third-order valence-corrected chi connectivity index (χ3v) is 4.90. The number of carbonyl (C=O) groups is 1. The van der Waals surface area contributed by atoms with Crippen molar-refractivity contribution >= 4 is 23.2 Å². The van der Waals surface area contributed by atoms with Crippen LogP contribution in [0.3, 0.4) is 0 Å². The SMILES string of the molecule is Nc1cnc(Cl)c(C(=O)N2CCCC3CCCCC32)c1. The van der Waals surface area contributed by atoms with Gasteiger partial charge < -0.3 is 10.6 Å². The predicted octanol–water partition coefficient (Wildman–Crippen LogP) is 3.11. The number of nitrogens with two attached hydrogens (primary N) is 1. The maximum atomic E-state index is 12.8. The molecule has 2 heterocycles. The minimum Gasteiger partial charge on any atom is -0.397 e. The van der Waals surface area contributed by atoms with Gasteiger partial charge in [0.15, 0.2) is 0 Å². The first-order chi connectivity index (χ1) is 9.66. The summed E-state index contributed by atoms with van der Waals surface area (Å²) in [4.78, 5) is 18.8. The second-order valence-corrected chi connectivity index (χ2v) is 6.22. The summed E-state index contributed by atoms with van der Waals surface area (Å²) < 4.78 is 0.